The highest BCUT2D eigenvalue weighted by molar-refractivity contribution is 5.88. The van der Waals surface area contributed by atoms with E-state index in [9.17, 15) is 14.4 Å². The first kappa shape index (κ1) is 20.5. The van der Waals surface area contributed by atoms with Crippen molar-refractivity contribution in [1.82, 2.24) is 9.47 Å². The van der Waals surface area contributed by atoms with Gasteiger partial charge in [0.25, 0.3) is 11.5 Å². The molecular weight excluding hydrogens is 408 g/mol. The Balaban J connectivity index is 1.40. The number of pyridine rings is 1. The van der Waals surface area contributed by atoms with Crippen molar-refractivity contribution >= 4 is 16.9 Å². The van der Waals surface area contributed by atoms with E-state index in [0.717, 1.165) is 23.2 Å². The summed E-state index contributed by atoms with van der Waals surface area (Å²) in [7, 11) is 0. The summed E-state index contributed by atoms with van der Waals surface area (Å²) in [5, 5.41) is 0.707. The molecule has 1 amide bonds. The van der Waals surface area contributed by atoms with Crippen molar-refractivity contribution < 1.29 is 13.9 Å². The van der Waals surface area contributed by atoms with E-state index in [-0.39, 0.29) is 23.3 Å². The van der Waals surface area contributed by atoms with E-state index in [1.54, 1.807) is 25.1 Å². The second kappa shape index (κ2) is 7.65. The van der Waals surface area contributed by atoms with E-state index in [0.29, 0.717) is 36.4 Å². The fourth-order valence-corrected chi connectivity index (χ4v) is 5.24. The molecule has 3 unspecified atom stereocenters. The molecule has 2 aliphatic rings. The summed E-state index contributed by atoms with van der Waals surface area (Å²) >= 11 is 0. The van der Waals surface area contributed by atoms with E-state index in [1.165, 1.54) is 6.07 Å². The lowest BCUT2D eigenvalue weighted by molar-refractivity contribution is -0.140. The van der Waals surface area contributed by atoms with Crippen molar-refractivity contribution in [2.24, 2.45) is 5.92 Å². The maximum absolute atomic E-state index is 13.3. The molecule has 2 aliphatic heterocycles. The first-order valence-electron chi connectivity index (χ1n) is 11.0. The average molecular weight is 434 g/mol. The molecule has 0 radical (unpaired) electrons. The highest BCUT2D eigenvalue weighted by Gasteiger charge is 2.37. The van der Waals surface area contributed by atoms with E-state index < -0.39 is 11.7 Å². The molecule has 3 atom stereocenters. The third-order valence-electron chi connectivity index (χ3n) is 6.59. The van der Waals surface area contributed by atoms with Crippen LogP contribution < -0.4 is 15.9 Å². The van der Waals surface area contributed by atoms with Gasteiger partial charge >= 0.3 is 5.63 Å². The molecule has 7 heteroatoms. The Morgan fingerprint density at radius 3 is 2.75 bits per heavy atom. The van der Waals surface area contributed by atoms with Crippen LogP contribution in [0.2, 0.25) is 0 Å². The highest BCUT2D eigenvalue weighted by Crippen LogP contribution is 2.36. The van der Waals surface area contributed by atoms with Gasteiger partial charge in [-0.25, -0.2) is 4.79 Å². The van der Waals surface area contributed by atoms with Crippen LogP contribution in [0.15, 0.2) is 50.4 Å². The topological polar surface area (TPSA) is 81.8 Å². The third-order valence-corrected chi connectivity index (χ3v) is 6.59. The maximum atomic E-state index is 13.3. The van der Waals surface area contributed by atoms with Gasteiger partial charge in [0, 0.05) is 43.4 Å². The number of carbonyl (C=O) groups excluding carboxylic acids is 1. The number of rotatable bonds is 3. The van der Waals surface area contributed by atoms with E-state index in [2.05, 4.69) is 0 Å². The number of fused-ring (bicyclic) bond motifs is 5. The number of hydrogen-bond donors (Lipinski definition) is 0. The number of piperidine rings is 1. The number of carbonyl (C=O) groups is 1. The monoisotopic (exact) mass is 434 g/mol. The summed E-state index contributed by atoms with van der Waals surface area (Å²) in [6.07, 6.45) is 0.298. The predicted molar refractivity (Wildman–Crippen MR) is 120 cm³/mol. The van der Waals surface area contributed by atoms with Gasteiger partial charge in [-0.2, -0.15) is 0 Å². The van der Waals surface area contributed by atoms with Gasteiger partial charge in [-0.05, 0) is 62.4 Å². The van der Waals surface area contributed by atoms with E-state index >= 15 is 0 Å². The molecule has 0 N–H and O–H groups in total. The van der Waals surface area contributed by atoms with Crippen LogP contribution in [0, 0.1) is 19.8 Å². The minimum atomic E-state index is -0.692. The minimum Gasteiger partial charge on any atom is -0.480 e. The van der Waals surface area contributed by atoms with Crippen molar-refractivity contribution in [2.45, 2.75) is 45.8 Å². The normalized spacial score (nSPS) is 20.7. The molecule has 0 saturated carbocycles. The smallest absolute Gasteiger partial charge is 0.336 e. The van der Waals surface area contributed by atoms with Crippen LogP contribution in [0.25, 0.3) is 11.0 Å². The van der Waals surface area contributed by atoms with E-state index in [1.807, 2.05) is 35.4 Å². The Hall–Kier alpha value is -3.35. The van der Waals surface area contributed by atoms with Crippen LogP contribution in [0.1, 0.15) is 36.1 Å². The molecule has 5 rings (SSSR count). The Labute approximate surface area is 185 Å². The Bertz CT molecular complexity index is 1340. The van der Waals surface area contributed by atoms with Crippen LogP contribution in [0.4, 0.5) is 0 Å². The Kier molecular flexibility index (Phi) is 4.92. The fraction of sp³-hybridized carbons (Fsp3) is 0.400. The summed E-state index contributed by atoms with van der Waals surface area (Å²) in [6, 6.07) is 10.5. The first-order valence-corrected chi connectivity index (χ1v) is 11.0. The largest absolute Gasteiger partial charge is 0.480 e. The summed E-state index contributed by atoms with van der Waals surface area (Å²) in [5.74, 6) is 0.880. The van der Waals surface area contributed by atoms with Crippen LogP contribution in [0.5, 0.6) is 5.75 Å². The molecule has 166 valence electrons. The third kappa shape index (κ3) is 3.51. The molecule has 2 bridgehead atoms. The van der Waals surface area contributed by atoms with Crippen LogP contribution in [0.3, 0.4) is 0 Å². The quantitative estimate of drug-likeness (QED) is 0.592. The van der Waals surface area contributed by atoms with Gasteiger partial charge in [-0.15, -0.1) is 0 Å². The Morgan fingerprint density at radius 2 is 1.94 bits per heavy atom. The molecule has 32 heavy (non-hydrogen) atoms. The average Bonchev–Trinajstić information content (AvgIpc) is 2.73. The van der Waals surface area contributed by atoms with E-state index in [4.69, 9.17) is 9.15 Å². The fourth-order valence-electron chi connectivity index (χ4n) is 5.24. The molecule has 0 spiro atoms. The summed E-state index contributed by atoms with van der Waals surface area (Å²) in [5.41, 5.74) is 2.72. The molecular formula is C25H26N2O5. The lowest BCUT2D eigenvalue weighted by atomic mass is 9.83. The van der Waals surface area contributed by atoms with Crippen molar-refractivity contribution in [2.75, 3.05) is 13.1 Å². The van der Waals surface area contributed by atoms with Gasteiger partial charge in [-0.1, -0.05) is 6.07 Å². The van der Waals surface area contributed by atoms with Gasteiger partial charge in [0.05, 0.1) is 5.39 Å². The molecule has 1 saturated heterocycles. The number of aromatic nitrogens is 1. The Morgan fingerprint density at radius 1 is 1.12 bits per heavy atom. The molecule has 7 nitrogen and oxygen atoms in total. The maximum Gasteiger partial charge on any atom is 0.336 e. The highest BCUT2D eigenvalue weighted by atomic mass is 16.5. The zero-order valence-corrected chi connectivity index (χ0v) is 18.5. The molecule has 4 heterocycles. The SMILES string of the molecule is Cc1cc(OC(C)C(=O)N2CC3CC(C2)c2cccc(=O)n2C3)c2c(C)cc(=O)oc2c1. The number of ether oxygens (including phenoxy) is 1. The standard InChI is InChI=1S/C25H26N2O5/c1-14-7-20(24-15(2)9-23(29)32-21(24)8-14)31-16(3)25(30)26-11-17-10-18(13-26)19-5-4-6-22(28)27(19)12-17/h4-9,16-18H,10-13H2,1-3H3. The molecule has 3 aromatic rings. The number of likely N-dealkylation sites (tertiary alicyclic amines) is 1. The zero-order chi connectivity index (χ0) is 22.6. The molecule has 1 aromatic carbocycles. The van der Waals surface area contributed by atoms with Crippen LogP contribution >= 0.6 is 0 Å². The molecule has 1 fully saturated rings. The van der Waals surface area contributed by atoms with Crippen molar-refractivity contribution in [3.63, 3.8) is 0 Å². The zero-order valence-electron chi connectivity index (χ0n) is 18.5. The van der Waals surface area contributed by atoms with Gasteiger partial charge < -0.3 is 18.6 Å². The minimum absolute atomic E-state index is 0.0297. The second-order valence-corrected chi connectivity index (χ2v) is 9.09. The number of hydrogen-bond acceptors (Lipinski definition) is 5. The number of benzene rings is 1. The van der Waals surface area contributed by atoms with Gasteiger partial charge in [0.2, 0.25) is 0 Å². The van der Waals surface area contributed by atoms with Crippen molar-refractivity contribution in [3.8, 4) is 5.75 Å². The number of aryl methyl sites for hydroxylation is 2. The predicted octanol–water partition coefficient (Wildman–Crippen LogP) is 2.98. The summed E-state index contributed by atoms with van der Waals surface area (Å²) in [6.45, 7) is 7.33. The van der Waals surface area contributed by atoms with Gasteiger partial charge in [0.15, 0.2) is 6.10 Å². The van der Waals surface area contributed by atoms with Crippen LogP contribution in [-0.2, 0) is 11.3 Å². The van der Waals surface area contributed by atoms with Crippen LogP contribution in [-0.4, -0.2) is 34.6 Å². The van der Waals surface area contributed by atoms with Crippen molar-refractivity contribution in [3.05, 3.63) is 74.0 Å². The lowest BCUT2D eigenvalue weighted by Gasteiger charge is -2.43. The molecule has 0 aliphatic carbocycles. The first-order chi connectivity index (χ1) is 15.3. The number of nitrogens with zero attached hydrogens (tertiary/aromatic N) is 2. The van der Waals surface area contributed by atoms with Gasteiger partial charge in [0.1, 0.15) is 11.3 Å². The second-order valence-electron chi connectivity index (χ2n) is 9.09. The van der Waals surface area contributed by atoms with Gasteiger partial charge in [-0.3, -0.25) is 9.59 Å². The summed E-state index contributed by atoms with van der Waals surface area (Å²) < 4.78 is 13.4. The molecule has 2 aromatic heterocycles. The van der Waals surface area contributed by atoms with Crippen molar-refractivity contribution in [1.29, 1.82) is 0 Å². The number of amides is 1. The summed E-state index contributed by atoms with van der Waals surface area (Å²) in [4.78, 5) is 39.2. The lowest BCUT2D eigenvalue weighted by Crippen LogP contribution is -2.52.